The molecular formula is C5H8Br2ClI. The Bertz CT molecular complexity index is 79.4. The van der Waals surface area contributed by atoms with Gasteiger partial charge in [0.05, 0.1) is 5.38 Å². The lowest BCUT2D eigenvalue weighted by Crippen LogP contribution is -2.23. The first-order chi connectivity index (χ1) is 4.09. The van der Waals surface area contributed by atoms with Crippen LogP contribution in [0.25, 0.3) is 0 Å². The topological polar surface area (TPSA) is 0 Å². The summed E-state index contributed by atoms with van der Waals surface area (Å²) in [5, 5.41) is 1.12. The lowest BCUT2D eigenvalue weighted by Gasteiger charge is -2.15. The monoisotopic (exact) mass is 388 g/mol. The van der Waals surface area contributed by atoms with E-state index in [1.54, 1.807) is 0 Å². The summed E-state index contributed by atoms with van der Waals surface area (Å²) < 4.78 is 0.506. The second kappa shape index (κ2) is 5.61. The molecule has 0 aliphatic heterocycles. The maximum Gasteiger partial charge on any atom is 0.0584 e. The summed E-state index contributed by atoms with van der Waals surface area (Å²) in [5.41, 5.74) is 0. The third-order valence-electron chi connectivity index (χ3n) is 0.932. The molecular weight excluding hydrogens is 382 g/mol. The van der Waals surface area contributed by atoms with E-state index in [0.717, 1.165) is 5.33 Å². The van der Waals surface area contributed by atoms with Crippen molar-refractivity contribution in [3.63, 3.8) is 0 Å². The summed E-state index contributed by atoms with van der Waals surface area (Å²) in [5.74, 6) is 0. The Morgan fingerprint density at radius 2 is 2.11 bits per heavy atom. The van der Waals surface area contributed by atoms with Crippen molar-refractivity contribution in [2.45, 2.75) is 21.1 Å². The van der Waals surface area contributed by atoms with E-state index in [2.05, 4.69) is 61.4 Å². The van der Waals surface area contributed by atoms with Gasteiger partial charge in [-0.15, -0.1) is 11.6 Å². The third-order valence-corrected chi connectivity index (χ3v) is 5.58. The second-order valence-electron chi connectivity index (χ2n) is 1.79. The van der Waals surface area contributed by atoms with Crippen LogP contribution in [0, 0.1) is 0 Å². The van der Waals surface area contributed by atoms with Gasteiger partial charge >= 0.3 is 0 Å². The van der Waals surface area contributed by atoms with Crippen LogP contribution >= 0.6 is 66.1 Å². The van der Waals surface area contributed by atoms with E-state index in [1.165, 1.54) is 0 Å². The summed E-state index contributed by atoms with van der Waals surface area (Å²) >= 11 is 15.1. The largest absolute Gasteiger partial charge is 0.121 e. The van der Waals surface area contributed by atoms with Gasteiger partial charge in [0.2, 0.25) is 0 Å². The second-order valence-corrected chi connectivity index (χ2v) is 6.08. The highest BCUT2D eigenvalue weighted by atomic mass is 127. The maximum atomic E-state index is 5.98. The first-order valence-electron chi connectivity index (χ1n) is 2.57. The van der Waals surface area contributed by atoms with Crippen LogP contribution in [-0.2, 0) is 0 Å². The van der Waals surface area contributed by atoms with Crippen LogP contribution in [0.4, 0.5) is 0 Å². The molecule has 0 aliphatic carbocycles. The van der Waals surface area contributed by atoms with E-state index in [9.17, 15) is 0 Å². The minimum absolute atomic E-state index is 0.213. The van der Waals surface area contributed by atoms with Crippen LogP contribution in [-0.4, -0.2) is 19.5 Å². The maximum absolute atomic E-state index is 5.98. The molecule has 3 unspecified atom stereocenters. The lowest BCUT2D eigenvalue weighted by molar-refractivity contribution is 0.855. The molecule has 0 heterocycles. The standard InChI is InChI=1S/C5H8Br2ClI/c1-3(9)5(8)4(7)2-6/h3-5H,2H2,1H3. The Morgan fingerprint density at radius 3 is 2.22 bits per heavy atom. The fourth-order valence-electron chi connectivity index (χ4n) is 0.373. The molecule has 9 heavy (non-hydrogen) atoms. The Balaban J connectivity index is 3.58. The van der Waals surface area contributed by atoms with Gasteiger partial charge in [-0.2, -0.15) is 0 Å². The van der Waals surface area contributed by atoms with Crippen molar-refractivity contribution in [3.8, 4) is 0 Å². The van der Waals surface area contributed by atoms with Gasteiger partial charge in [-0.1, -0.05) is 61.4 Å². The molecule has 0 saturated carbocycles. The highest BCUT2D eigenvalue weighted by Gasteiger charge is 2.18. The van der Waals surface area contributed by atoms with Crippen LogP contribution in [0.15, 0.2) is 0 Å². The first-order valence-corrected chi connectivity index (χ1v) is 6.29. The highest BCUT2D eigenvalue weighted by molar-refractivity contribution is 14.1. The van der Waals surface area contributed by atoms with E-state index >= 15 is 0 Å². The summed E-state index contributed by atoms with van der Waals surface area (Å²) in [7, 11) is 0. The molecule has 0 spiro atoms. The summed E-state index contributed by atoms with van der Waals surface area (Å²) in [6, 6.07) is 0. The Kier molecular flexibility index (Phi) is 6.84. The number of rotatable bonds is 3. The number of alkyl halides is 4. The van der Waals surface area contributed by atoms with Crippen molar-refractivity contribution >= 4 is 66.1 Å². The predicted molar refractivity (Wildman–Crippen MR) is 59.6 cm³/mol. The first kappa shape index (κ1) is 11.0. The summed E-state index contributed by atoms with van der Waals surface area (Å²) in [4.78, 5) is 0.381. The molecule has 0 saturated heterocycles. The average molecular weight is 390 g/mol. The quantitative estimate of drug-likeness (QED) is 0.511. The molecule has 0 aromatic heterocycles. The van der Waals surface area contributed by atoms with Gasteiger partial charge in [0.1, 0.15) is 0 Å². The fourth-order valence-corrected chi connectivity index (χ4v) is 2.61. The summed E-state index contributed by atoms with van der Waals surface area (Å²) in [6.07, 6.45) is 0. The van der Waals surface area contributed by atoms with Gasteiger partial charge in [0.15, 0.2) is 0 Å². The molecule has 56 valence electrons. The molecule has 0 aromatic rings. The van der Waals surface area contributed by atoms with Gasteiger partial charge in [0.25, 0.3) is 0 Å². The Labute approximate surface area is 91.5 Å². The zero-order valence-corrected chi connectivity index (χ0v) is 11.0. The van der Waals surface area contributed by atoms with Crippen molar-refractivity contribution in [2.24, 2.45) is 0 Å². The number of hydrogen-bond donors (Lipinski definition) is 0. The number of hydrogen-bond acceptors (Lipinski definition) is 0. The van der Waals surface area contributed by atoms with E-state index in [-0.39, 0.29) is 5.38 Å². The Morgan fingerprint density at radius 1 is 1.67 bits per heavy atom. The fraction of sp³-hybridized carbons (Fsp3) is 1.00. The van der Waals surface area contributed by atoms with Crippen LogP contribution in [0.2, 0.25) is 0 Å². The highest BCUT2D eigenvalue weighted by Crippen LogP contribution is 2.22. The third kappa shape index (κ3) is 4.43. The minimum Gasteiger partial charge on any atom is -0.121 e. The molecule has 0 radical (unpaired) electrons. The van der Waals surface area contributed by atoms with Crippen molar-refractivity contribution < 1.29 is 0 Å². The van der Waals surface area contributed by atoms with Gasteiger partial charge < -0.3 is 0 Å². The summed E-state index contributed by atoms with van der Waals surface area (Å²) in [6.45, 7) is 2.11. The molecule has 0 aliphatic rings. The van der Waals surface area contributed by atoms with Crippen LogP contribution in [0.5, 0.6) is 0 Å². The lowest BCUT2D eigenvalue weighted by atomic mass is 10.3. The SMILES string of the molecule is CC(I)C(Cl)C(Br)CBr. The van der Waals surface area contributed by atoms with Crippen LogP contribution in [0.3, 0.4) is 0 Å². The van der Waals surface area contributed by atoms with E-state index < -0.39 is 0 Å². The van der Waals surface area contributed by atoms with E-state index in [1.807, 2.05) is 0 Å². The smallest absolute Gasteiger partial charge is 0.0584 e. The molecule has 0 amide bonds. The molecule has 0 aromatic carbocycles. The molecule has 0 nitrogen and oxygen atoms in total. The molecule has 3 atom stereocenters. The zero-order valence-electron chi connectivity index (χ0n) is 4.95. The van der Waals surface area contributed by atoms with Gasteiger partial charge in [-0.3, -0.25) is 0 Å². The van der Waals surface area contributed by atoms with E-state index in [4.69, 9.17) is 11.6 Å². The number of halogens is 4. The molecule has 0 N–H and O–H groups in total. The Hall–Kier alpha value is 1.98. The predicted octanol–water partition coefficient (Wildman–Crippen LogP) is 3.58. The molecule has 0 fully saturated rings. The average Bonchev–Trinajstić information content (AvgIpc) is 1.84. The van der Waals surface area contributed by atoms with Crippen LogP contribution in [0.1, 0.15) is 6.92 Å². The zero-order chi connectivity index (χ0) is 7.44. The van der Waals surface area contributed by atoms with E-state index in [0.29, 0.717) is 8.75 Å². The van der Waals surface area contributed by atoms with Crippen molar-refractivity contribution in [1.82, 2.24) is 0 Å². The van der Waals surface area contributed by atoms with Crippen molar-refractivity contribution in [2.75, 3.05) is 5.33 Å². The van der Waals surface area contributed by atoms with Crippen LogP contribution < -0.4 is 0 Å². The molecule has 0 rings (SSSR count). The van der Waals surface area contributed by atoms with Gasteiger partial charge in [-0.25, -0.2) is 0 Å². The van der Waals surface area contributed by atoms with Crippen molar-refractivity contribution in [1.29, 1.82) is 0 Å². The van der Waals surface area contributed by atoms with Crippen molar-refractivity contribution in [3.05, 3.63) is 0 Å². The molecule has 4 heteroatoms. The molecule has 0 bridgehead atoms. The minimum atomic E-state index is 0.213. The van der Waals surface area contributed by atoms with Gasteiger partial charge in [0, 0.05) is 14.1 Å². The van der Waals surface area contributed by atoms with Gasteiger partial charge in [-0.05, 0) is 0 Å². The normalized spacial score (nSPS) is 21.0.